The molecule has 0 N–H and O–H groups in total. The minimum atomic E-state index is -0.312. The lowest BCUT2D eigenvalue weighted by Gasteiger charge is -2.08. The summed E-state index contributed by atoms with van der Waals surface area (Å²) < 4.78 is 25.1. The summed E-state index contributed by atoms with van der Waals surface area (Å²) in [6, 6.07) is 19.3. The van der Waals surface area contributed by atoms with Gasteiger partial charge < -0.3 is 9.47 Å². The molecule has 0 bridgehead atoms. The fourth-order valence-electron chi connectivity index (χ4n) is 2.94. The molecule has 3 nitrogen and oxygen atoms in total. The molecule has 27 heavy (non-hydrogen) atoms. The molecule has 0 atom stereocenters. The molecule has 0 amide bonds. The Morgan fingerprint density at radius 1 is 1.04 bits per heavy atom. The Morgan fingerprint density at radius 2 is 1.89 bits per heavy atom. The third kappa shape index (κ3) is 3.60. The first-order valence-corrected chi connectivity index (χ1v) is 8.61. The van der Waals surface area contributed by atoms with Gasteiger partial charge in [-0.1, -0.05) is 48.0 Å². The molecule has 0 saturated heterocycles. The minimum Gasteiger partial charge on any atom is -0.489 e. The number of carbonyl (C=O) groups is 1. The molecule has 4 rings (SSSR count). The van der Waals surface area contributed by atoms with Gasteiger partial charge >= 0.3 is 0 Å². The average Bonchev–Trinajstić information content (AvgIpc) is 2.96. The summed E-state index contributed by atoms with van der Waals surface area (Å²) in [5, 5.41) is 0. The number of benzene rings is 3. The molecule has 0 aliphatic carbocycles. The van der Waals surface area contributed by atoms with Gasteiger partial charge in [0.05, 0.1) is 5.56 Å². The van der Waals surface area contributed by atoms with Crippen LogP contribution in [0.2, 0.25) is 0 Å². The average molecular weight is 360 g/mol. The van der Waals surface area contributed by atoms with Crippen LogP contribution in [0.1, 0.15) is 27.0 Å². The second kappa shape index (κ2) is 7.08. The van der Waals surface area contributed by atoms with Gasteiger partial charge in [-0.15, -0.1) is 0 Å². The fraction of sp³-hybridized carbons (Fsp3) is 0.0870. The van der Waals surface area contributed by atoms with Crippen molar-refractivity contribution in [1.82, 2.24) is 0 Å². The lowest BCUT2D eigenvalue weighted by Crippen LogP contribution is -1.98. The van der Waals surface area contributed by atoms with Crippen LogP contribution in [0, 0.1) is 12.7 Å². The smallest absolute Gasteiger partial charge is 0.231 e. The van der Waals surface area contributed by atoms with E-state index in [-0.39, 0.29) is 24.0 Å². The van der Waals surface area contributed by atoms with Crippen LogP contribution in [0.25, 0.3) is 6.08 Å². The maximum atomic E-state index is 13.7. The molecule has 3 aromatic rings. The molecule has 3 aromatic carbocycles. The Bertz CT molecular complexity index is 1050. The SMILES string of the molecule is Cc1cccc(C=C2Oc3cc(OCc4ccccc4F)ccc3C2=O)c1. The molecule has 0 fully saturated rings. The number of fused-ring (bicyclic) bond motifs is 1. The van der Waals surface area contributed by atoms with E-state index in [2.05, 4.69) is 0 Å². The number of ketones is 1. The number of allylic oxidation sites excluding steroid dienone is 1. The highest BCUT2D eigenvalue weighted by Gasteiger charge is 2.27. The van der Waals surface area contributed by atoms with Crippen molar-refractivity contribution >= 4 is 11.9 Å². The quantitative estimate of drug-likeness (QED) is 0.590. The summed E-state index contributed by atoms with van der Waals surface area (Å²) in [5.74, 6) is 0.772. The third-order valence-electron chi connectivity index (χ3n) is 4.33. The Labute approximate surface area is 156 Å². The Kier molecular flexibility index (Phi) is 4.47. The van der Waals surface area contributed by atoms with Gasteiger partial charge in [-0.3, -0.25) is 4.79 Å². The van der Waals surface area contributed by atoms with E-state index in [0.29, 0.717) is 22.6 Å². The number of aryl methyl sites for hydroxylation is 1. The molecule has 0 aromatic heterocycles. The first-order valence-electron chi connectivity index (χ1n) is 8.61. The molecule has 0 unspecified atom stereocenters. The maximum Gasteiger partial charge on any atom is 0.231 e. The van der Waals surface area contributed by atoms with Gasteiger partial charge in [0.15, 0.2) is 5.76 Å². The van der Waals surface area contributed by atoms with Crippen LogP contribution < -0.4 is 9.47 Å². The Hall–Kier alpha value is -3.40. The van der Waals surface area contributed by atoms with Crippen molar-refractivity contribution in [3.63, 3.8) is 0 Å². The first kappa shape index (κ1) is 17.0. The van der Waals surface area contributed by atoms with Gasteiger partial charge in [0.2, 0.25) is 5.78 Å². The van der Waals surface area contributed by atoms with Crippen molar-refractivity contribution in [2.45, 2.75) is 13.5 Å². The van der Waals surface area contributed by atoms with Crippen molar-refractivity contribution in [1.29, 1.82) is 0 Å². The van der Waals surface area contributed by atoms with E-state index >= 15 is 0 Å². The van der Waals surface area contributed by atoms with Gasteiger partial charge in [-0.05, 0) is 36.8 Å². The van der Waals surface area contributed by atoms with Crippen LogP contribution in [0.15, 0.2) is 72.5 Å². The number of hydrogen-bond donors (Lipinski definition) is 0. The summed E-state index contributed by atoms with van der Waals surface area (Å²) in [6.07, 6.45) is 1.73. The predicted octanol–water partition coefficient (Wildman–Crippen LogP) is 5.33. The van der Waals surface area contributed by atoms with E-state index in [9.17, 15) is 9.18 Å². The van der Waals surface area contributed by atoms with E-state index in [1.165, 1.54) is 6.07 Å². The monoisotopic (exact) mass is 360 g/mol. The van der Waals surface area contributed by atoms with E-state index in [0.717, 1.165) is 11.1 Å². The van der Waals surface area contributed by atoms with E-state index in [1.54, 1.807) is 42.5 Å². The van der Waals surface area contributed by atoms with Crippen LogP contribution in [-0.2, 0) is 6.61 Å². The molecule has 1 heterocycles. The lowest BCUT2D eigenvalue weighted by molar-refractivity contribution is 0.101. The van der Waals surface area contributed by atoms with Crippen molar-refractivity contribution in [2.75, 3.05) is 0 Å². The summed E-state index contributed by atoms with van der Waals surface area (Å²) in [5.41, 5.74) is 2.97. The highest BCUT2D eigenvalue weighted by atomic mass is 19.1. The highest BCUT2D eigenvalue weighted by molar-refractivity contribution is 6.14. The first-order chi connectivity index (χ1) is 13.1. The van der Waals surface area contributed by atoms with Gasteiger partial charge in [-0.25, -0.2) is 4.39 Å². The molecule has 0 radical (unpaired) electrons. The van der Waals surface area contributed by atoms with E-state index < -0.39 is 0 Å². The van der Waals surface area contributed by atoms with Gasteiger partial charge in [-0.2, -0.15) is 0 Å². The molecule has 4 heteroatoms. The number of Topliss-reactive ketones (excluding diaryl/α,β-unsaturated/α-hetero) is 1. The number of ether oxygens (including phenoxy) is 2. The number of hydrogen-bond acceptors (Lipinski definition) is 3. The minimum absolute atomic E-state index is 0.103. The Balaban J connectivity index is 1.53. The maximum absolute atomic E-state index is 13.7. The second-order valence-corrected chi connectivity index (χ2v) is 6.39. The molecule has 134 valence electrons. The van der Waals surface area contributed by atoms with E-state index in [4.69, 9.17) is 9.47 Å². The standard InChI is InChI=1S/C23H17FO3/c1-15-5-4-6-16(11-15)12-22-23(25)19-10-9-18(13-21(19)27-22)26-14-17-7-2-3-8-20(17)24/h2-13H,14H2,1H3. The predicted molar refractivity (Wildman–Crippen MR) is 101 cm³/mol. The molecule has 1 aliphatic heterocycles. The molecule has 0 saturated carbocycles. The van der Waals surface area contributed by atoms with Crippen LogP contribution in [-0.4, -0.2) is 5.78 Å². The van der Waals surface area contributed by atoms with Crippen LogP contribution in [0.4, 0.5) is 4.39 Å². The lowest BCUT2D eigenvalue weighted by atomic mass is 10.1. The molecule has 0 spiro atoms. The zero-order valence-electron chi connectivity index (χ0n) is 14.7. The van der Waals surface area contributed by atoms with Crippen molar-refractivity contribution in [2.24, 2.45) is 0 Å². The topological polar surface area (TPSA) is 35.5 Å². The van der Waals surface area contributed by atoms with Crippen LogP contribution in [0.3, 0.4) is 0 Å². The van der Waals surface area contributed by atoms with Gasteiger partial charge in [0.25, 0.3) is 0 Å². The normalized spacial score (nSPS) is 14.1. The Morgan fingerprint density at radius 3 is 2.70 bits per heavy atom. The highest BCUT2D eigenvalue weighted by Crippen LogP contribution is 2.35. The van der Waals surface area contributed by atoms with Crippen LogP contribution in [0.5, 0.6) is 11.5 Å². The zero-order valence-corrected chi connectivity index (χ0v) is 14.7. The van der Waals surface area contributed by atoms with Crippen molar-refractivity contribution < 1.29 is 18.7 Å². The zero-order chi connectivity index (χ0) is 18.8. The summed E-state index contributed by atoms with van der Waals surface area (Å²) in [7, 11) is 0. The second-order valence-electron chi connectivity index (χ2n) is 6.39. The summed E-state index contributed by atoms with van der Waals surface area (Å²) in [4.78, 5) is 12.5. The van der Waals surface area contributed by atoms with Crippen molar-refractivity contribution in [3.05, 3.63) is 101 Å². The molecular weight excluding hydrogens is 343 g/mol. The number of carbonyl (C=O) groups excluding carboxylic acids is 1. The number of halogens is 1. The van der Waals surface area contributed by atoms with Crippen LogP contribution >= 0.6 is 0 Å². The molecular formula is C23H17FO3. The molecule has 1 aliphatic rings. The van der Waals surface area contributed by atoms with E-state index in [1.807, 2.05) is 31.2 Å². The van der Waals surface area contributed by atoms with Gasteiger partial charge in [0, 0.05) is 11.6 Å². The van der Waals surface area contributed by atoms with Gasteiger partial charge in [0.1, 0.15) is 23.9 Å². The van der Waals surface area contributed by atoms with Crippen molar-refractivity contribution in [3.8, 4) is 11.5 Å². The number of rotatable bonds is 4. The summed E-state index contributed by atoms with van der Waals surface area (Å²) in [6.45, 7) is 2.10. The summed E-state index contributed by atoms with van der Waals surface area (Å²) >= 11 is 0. The fourth-order valence-corrected chi connectivity index (χ4v) is 2.94. The largest absolute Gasteiger partial charge is 0.489 e. The third-order valence-corrected chi connectivity index (χ3v) is 4.33.